The minimum atomic E-state index is 0.377. The summed E-state index contributed by atoms with van der Waals surface area (Å²) >= 11 is 1.73. The van der Waals surface area contributed by atoms with Gasteiger partial charge in [-0.15, -0.1) is 11.3 Å². The van der Waals surface area contributed by atoms with Crippen molar-refractivity contribution in [3.63, 3.8) is 0 Å². The van der Waals surface area contributed by atoms with Crippen molar-refractivity contribution < 1.29 is 4.74 Å². The van der Waals surface area contributed by atoms with E-state index >= 15 is 0 Å². The summed E-state index contributed by atoms with van der Waals surface area (Å²) < 4.78 is 5.53. The highest BCUT2D eigenvalue weighted by molar-refractivity contribution is 7.09. The SMILES string of the molecule is CCCOCC(Cc1nc(C)cs1)NC. The minimum absolute atomic E-state index is 0.377. The summed E-state index contributed by atoms with van der Waals surface area (Å²) in [7, 11) is 1.97. The topological polar surface area (TPSA) is 34.1 Å². The van der Waals surface area contributed by atoms with Gasteiger partial charge in [0.25, 0.3) is 0 Å². The van der Waals surface area contributed by atoms with E-state index in [4.69, 9.17) is 4.74 Å². The van der Waals surface area contributed by atoms with Crippen molar-refractivity contribution in [3.05, 3.63) is 16.1 Å². The summed E-state index contributed by atoms with van der Waals surface area (Å²) in [6.07, 6.45) is 2.03. The van der Waals surface area contributed by atoms with Crippen molar-refractivity contribution in [1.29, 1.82) is 0 Å². The number of aromatic nitrogens is 1. The zero-order valence-electron chi connectivity index (χ0n) is 9.75. The molecule has 15 heavy (non-hydrogen) atoms. The van der Waals surface area contributed by atoms with Gasteiger partial charge >= 0.3 is 0 Å². The molecule has 1 N–H and O–H groups in total. The Kier molecular flexibility index (Phi) is 5.83. The first-order chi connectivity index (χ1) is 7.26. The van der Waals surface area contributed by atoms with Crippen molar-refractivity contribution in [2.45, 2.75) is 32.7 Å². The van der Waals surface area contributed by atoms with E-state index in [9.17, 15) is 0 Å². The fourth-order valence-corrected chi connectivity index (χ4v) is 2.17. The monoisotopic (exact) mass is 228 g/mol. The average Bonchev–Trinajstić information content (AvgIpc) is 2.63. The molecule has 3 nitrogen and oxygen atoms in total. The first kappa shape index (κ1) is 12.6. The Bertz CT molecular complexity index is 275. The Morgan fingerprint density at radius 1 is 1.60 bits per heavy atom. The normalized spacial score (nSPS) is 13.0. The van der Waals surface area contributed by atoms with Crippen LogP contribution in [0.1, 0.15) is 24.0 Å². The van der Waals surface area contributed by atoms with E-state index in [1.807, 2.05) is 14.0 Å². The molecule has 0 bridgehead atoms. The van der Waals surface area contributed by atoms with Crippen LogP contribution in [-0.4, -0.2) is 31.3 Å². The fourth-order valence-electron chi connectivity index (χ4n) is 1.32. The highest BCUT2D eigenvalue weighted by Crippen LogP contribution is 2.11. The molecule has 0 fully saturated rings. The number of thiazole rings is 1. The van der Waals surface area contributed by atoms with Crippen molar-refractivity contribution in [1.82, 2.24) is 10.3 Å². The van der Waals surface area contributed by atoms with Crippen molar-refractivity contribution in [3.8, 4) is 0 Å². The summed E-state index contributed by atoms with van der Waals surface area (Å²) in [5.41, 5.74) is 1.11. The Morgan fingerprint density at radius 3 is 2.93 bits per heavy atom. The van der Waals surface area contributed by atoms with Crippen LogP contribution in [0.2, 0.25) is 0 Å². The van der Waals surface area contributed by atoms with Gasteiger partial charge in [0.15, 0.2) is 0 Å². The summed E-state index contributed by atoms with van der Waals surface area (Å²) in [5, 5.41) is 6.54. The third kappa shape index (κ3) is 4.73. The highest BCUT2D eigenvalue weighted by atomic mass is 32.1. The molecule has 0 aliphatic rings. The van der Waals surface area contributed by atoms with Crippen LogP contribution in [0.4, 0.5) is 0 Å². The second kappa shape index (κ2) is 6.93. The summed E-state index contributed by atoms with van der Waals surface area (Å²) in [4.78, 5) is 4.45. The maximum Gasteiger partial charge on any atom is 0.0944 e. The number of nitrogens with one attached hydrogen (secondary N) is 1. The molecule has 0 aliphatic carbocycles. The van der Waals surface area contributed by atoms with E-state index in [1.54, 1.807) is 11.3 Å². The van der Waals surface area contributed by atoms with Gasteiger partial charge in [0.2, 0.25) is 0 Å². The van der Waals surface area contributed by atoms with E-state index < -0.39 is 0 Å². The Morgan fingerprint density at radius 2 is 2.40 bits per heavy atom. The molecule has 0 aromatic carbocycles. The van der Waals surface area contributed by atoms with Gasteiger partial charge in [0.1, 0.15) is 0 Å². The summed E-state index contributed by atoms with van der Waals surface area (Å²) in [6, 6.07) is 0.377. The Labute approximate surface area is 95.9 Å². The van der Waals surface area contributed by atoms with Gasteiger partial charge in [-0.25, -0.2) is 4.98 Å². The van der Waals surface area contributed by atoms with Gasteiger partial charge in [-0.1, -0.05) is 6.92 Å². The zero-order valence-corrected chi connectivity index (χ0v) is 10.6. The molecule has 1 heterocycles. The van der Waals surface area contributed by atoms with Crippen LogP contribution < -0.4 is 5.32 Å². The molecule has 0 spiro atoms. The summed E-state index contributed by atoms with van der Waals surface area (Å²) in [5.74, 6) is 0. The smallest absolute Gasteiger partial charge is 0.0944 e. The second-order valence-corrected chi connectivity index (χ2v) is 4.59. The van der Waals surface area contributed by atoms with E-state index in [2.05, 4.69) is 22.6 Å². The number of hydrogen-bond acceptors (Lipinski definition) is 4. The lowest BCUT2D eigenvalue weighted by atomic mass is 10.2. The van der Waals surface area contributed by atoms with Crippen LogP contribution in [0.3, 0.4) is 0 Å². The number of hydrogen-bond donors (Lipinski definition) is 1. The van der Waals surface area contributed by atoms with Crippen molar-refractivity contribution in [2.75, 3.05) is 20.3 Å². The lowest BCUT2D eigenvalue weighted by molar-refractivity contribution is 0.114. The van der Waals surface area contributed by atoms with Gasteiger partial charge in [-0.05, 0) is 20.4 Å². The lowest BCUT2D eigenvalue weighted by Gasteiger charge is -2.14. The van der Waals surface area contributed by atoms with Gasteiger partial charge in [0, 0.05) is 30.1 Å². The molecule has 0 saturated heterocycles. The first-order valence-electron chi connectivity index (χ1n) is 5.42. The summed E-state index contributed by atoms with van der Waals surface area (Å²) in [6.45, 7) is 5.76. The molecule has 0 saturated carbocycles. The van der Waals surface area contributed by atoms with E-state index in [0.717, 1.165) is 31.7 Å². The predicted octanol–water partition coefficient (Wildman–Crippen LogP) is 2.01. The van der Waals surface area contributed by atoms with Crippen LogP contribution in [-0.2, 0) is 11.2 Å². The molecule has 4 heteroatoms. The zero-order chi connectivity index (χ0) is 11.1. The number of likely N-dealkylation sites (N-methyl/N-ethyl adjacent to an activating group) is 1. The molecule has 0 radical (unpaired) electrons. The maximum absolute atomic E-state index is 5.53. The van der Waals surface area contributed by atoms with Crippen LogP contribution in [0, 0.1) is 6.92 Å². The largest absolute Gasteiger partial charge is 0.380 e. The quantitative estimate of drug-likeness (QED) is 0.725. The molecule has 1 aromatic heterocycles. The standard InChI is InChI=1S/C11H20N2OS/c1-4-5-14-7-10(12-3)6-11-13-9(2)8-15-11/h8,10,12H,4-7H2,1-3H3. The first-order valence-corrected chi connectivity index (χ1v) is 6.30. The minimum Gasteiger partial charge on any atom is -0.380 e. The fraction of sp³-hybridized carbons (Fsp3) is 0.727. The van der Waals surface area contributed by atoms with Crippen LogP contribution in [0.5, 0.6) is 0 Å². The molecule has 1 rings (SSSR count). The molecule has 1 atom stereocenters. The molecule has 86 valence electrons. The molecular formula is C11H20N2OS. The van der Waals surface area contributed by atoms with Crippen LogP contribution >= 0.6 is 11.3 Å². The number of aryl methyl sites for hydroxylation is 1. The van der Waals surface area contributed by atoms with Gasteiger partial charge < -0.3 is 10.1 Å². The van der Waals surface area contributed by atoms with Gasteiger partial charge in [-0.3, -0.25) is 0 Å². The Hall–Kier alpha value is -0.450. The Balaban J connectivity index is 2.33. The van der Waals surface area contributed by atoms with E-state index in [1.165, 1.54) is 5.01 Å². The van der Waals surface area contributed by atoms with Crippen molar-refractivity contribution >= 4 is 11.3 Å². The predicted molar refractivity (Wildman–Crippen MR) is 64.5 cm³/mol. The molecule has 1 aromatic rings. The van der Waals surface area contributed by atoms with Crippen LogP contribution in [0.25, 0.3) is 0 Å². The molecule has 0 amide bonds. The third-order valence-corrected chi connectivity index (χ3v) is 3.15. The lowest BCUT2D eigenvalue weighted by Crippen LogP contribution is -2.32. The highest BCUT2D eigenvalue weighted by Gasteiger charge is 2.09. The molecular weight excluding hydrogens is 208 g/mol. The number of nitrogens with zero attached hydrogens (tertiary/aromatic N) is 1. The number of rotatable bonds is 7. The molecule has 0 aliphatic heterocycles. The second-order valence-electron chi connectivity index (χ2n) is 3.65. The van der Waals surface area contributed by atoms with Gasteiger partial charge in [0.05, 0.1) is 11.6 Å². The van der Waals surface area contributed by atoms with E-state index in [0.29, 0.717) is 6.04 Å². The van der Waals surface area contributed by atoms with E-state index in [-0.39, 0.29) is 0 Å². The van der Waals surface area contributed by atoms with Gasteiger partial charge in [-0.2, -0.15) is 0 Å². The maximum atomic E-state index is 5.53. The number of ether oxygens (including phenoxy) is 1. The van der Waals surface area contributed by atoms with Crippen molar-refractivity contribution in [2.24, 2.45) is 0 Å². The third-order valence-electron chi connectivity index (χ3n) is 2.16. The van der Waals surface area contributed by atoms with Crippen LogP contribution in [0.15, 0.2) is 5.38 Å². The molecule has 1 unspecified atom stereocenters. The average molecular weight is 228 g/mol.